The maximum absolute atomic E-state index is 11.2. The van der Waals surface area contributed by atoms with Crippen molar-refractivity contribution in [3.8, 4) is 0 Å². The van der Waals surface area contributed by atoms with E-state index >= 15 is 0 Å². The predicted molar refractivity (Wildman–Crippen MR) is 42.3 cm³/mol. The van der Waals surface area contributed by atoms with E-state index in [1.807, 2.05) is 0 Å². The molecular formula is C8H12N2O2. The van der Waals surface area contributed by atoms with Gasteiger partial charge >= 0.3 is 0 Å². The molecule has 1 atom stereocenters. The second-order valence-corrected chi connectivity index (χ2v) is 3.52. The molecular weight excluding hydrogens is 156 g/mol. The maximum Gasteiger partial charge on any atom is 0.243 e. The van der Waals surface area contributed by atoms with Crippen LogP contribution in [0.25, 0.3) is 0 Å². The lowest BCUT2D eigenvalue weighted by atomic mass is 10.1. The zero-order valence-corrected chi connectivity index (χ0v) is 6.80. The normalized spacial score (nSPS) is 29.5. The highest BCUT2D eigenvalue weighted by Crippen LogP contribution is 2.33. The van der Waals surface area contributed by atoms with Crippen LogP contribution < -0.4 is 10.6 Å². The number of hydrogen-bond acceptors (Lipinski definition) is 2. The molecule has 12 heavy (non-hydrogen) atoms. The molecule has 2 rings (SSSR count). The summed E-state index contributed by atoms with van der Waals surface area (Å²) in [5, 5.41) is 5.25. The van der Waals surface area contributed by atoms with Gasteiger partial charge in [-0.2, -0.15) is 0 Å². The molecule has 4 heteroatoms. The highest BCUT2D eigenvalue weighted by molar-refractivity contribution is 5.94. The van der Waals surface area contributed by atoms with Crippen LogP contribution in [0.15, 0.2) is 0 Å². The van der Waals surface area contributed by atoms with Gasteiger partial charge in [-0.15, -0.1) is 0 Å². The van der Waals surface area contributed by atoms with Crippen molar-refractivity contribution in [2.45, 2.75) is 25.3 Å². The predicted octanol–water partition coefficient (Wildman–Crippen LogP) is -0.599. The number of carbonyl (C=O) groups excluding carboxylic acids is 2. The van der Waals surface area contributed by atoms with Crippen LogP contribution in [-0.4, -0.2) is 24.4 Å². The van der Waals surface area contributed by atoms with Gasteiger partial charge < -0.3 is 10.6 Å². The van der Waals surface area contributed by atoms with E-state index in [1.165, 1.54) is 12.8 Å². The molecule has 1 saturated carbocycles. The number of amides is 2. The van der Waals surface area contributed by atoms with Crippen LogP contribution in [0.3, 0.4) is 0 Å². The van der Waals surface area contributed by atoms with E-state index in [0.717, 1.165) is 6.42 Å². The fourth-order valence-corrected chi connectivity index (χ4v) is 1.45. The van der Waals surface area contributed by atoms with E-state index in [1.54, 1.807) is 0 Å². The first-order chi connectivity index (χ1) is 5.75. The Bertz CT molecular complexity index is 223. The average molecular weight is 168 g/mol. The van der Waals surface area contributed by atoms with Crippen molar-refractivity contribution in [3.63, 3.8) is 0 Å². The summed E-state index contributed by atoms with van der Waals surface area (Å²) in [7, 11) is 0. The molecule has 2 fully saturated rings. The Morgan fingerprint density at radius 3 is 2.75 bits per heavy atom. The molecule has 0 aromatic rings. The van der Waals surface area contributed by atoms with E-state index in [4.69, 9.17) is 0 Å². The monoisotopic (exact) mass is 168 g/mol. The zero-order valence-electron chi connectivity index (χ0n) is 6.80. The molecule has 1 aliphatic heterocycles. The number of carbonyl (C=O) groups is 2. The van der Waals surface area contributed by atoms with Crippen molar-refractivity contribution in [2.24, 2.45) is 5.92 Å². The summed E-state index contributed by atoms with van der Waals surface area (Å²) >= 11 is 0. The van der Waals surface area contributed by atoms with Crippen molar-refractivity contribution >= 4 is 11.8 Å². The fourth-order valence-electron chi connectivity index (χ4n) is 1.45. The van der Waals surface area contributed by atoms with Crippen LogP contribution >= 0.6 is 0 Å². The van der Waals surface area contributed by atoms with E-state index in [2.05, 4.69) is 10.6 Å². The lowest BCUT2D eigenvalue weighted by molar-refractivity contribution is -0.133. The largest absolute Gasteiger partial charge is 0.345 e. The summed E-state index contributed by atoms with van der Waals surface area (Å²) in [5.41, 5.74) is 0. The Morgan fingerprint density at radius 1 is 1.33 bits per heavy atom. The minimum Gasteiger partial charge on any atom is -0.345 e. The minimum atomic E-state index is -0.265. The van der Waals surface area contributed by atoms with Crippen molar-refractivity contribution in [1.29, 1.82) is 0 Å². The van der Waals surface area contributed by atoms with Gasteiger partial charge in [-0.1, -0.05) is 12.8 Å². The molecule has 66 valence electrons. The van der Waals surface area contributed by atoms with Gasteiger partial charge in [0.1, 0.15) is 6.04 Å². The molecule has 2 N–H and O–H groups in total. The summed E-state index contributed by atoms with van der Waals surface area (Å²) in [5.74, 6) is 0.570. The summed E-state index contributed by atoms with van der Waals surface area (Å²) < 4.78 is 0. The second-order valence-electron chi connectivity index (χ2n) is 3.52. The fraction of sp³-hybridized carbons (Fsp3) is 0.750. The highest BCUT2D eigenvalue weighted by atomic mass is 16.2. The lowest BCUT2D eigenvalue weighted by Crippen LogP contribution is -2.56. The van der Waals surface area contributed by atoms with Crippen LogP contribution in [0.2, 0.25) is 0 Å². The first kappa shape index (κ1) is 7.58. The first-order valence-corrected chi connectivity index (χ1v) is 4.33. The molecule has 0 aromatic carbocycles. The molecule has 0 spiro atoms. The van der Waals surface area contributed by atoms with Gasteiger partial charge in [-0.3, -0.25) is 9.59 Å². The zero-order chi connectivity index (χ0) is 8.55. The first-order valence-electron chi connectivity index (χ1n) is 4.33. The Kier molecular flexibility index (Phi) is 1.75. The van der Waals surface area contributed by atoms with E-state index in [9.17, 15) is 9.59 Å². The van der Waals surface area contributed by atoms with Gasteiger partial charge in [0.25, 0.3) is 0 Å². The van der Waals surface area contributed by atoms with Crippen LogP contribution in [0, 0.1) is 5.92 Å². The lowest BCUT2D eigenvalue weighted by Gasteiger charge is -2.22. The minimum absolute atomic E-state index is 0.0264. The topological polar surface area (TPSA) is 58.2 Å². The number of rotatable bonds is 2. The SMILES string of the molecule is O=C1CNC(=O)C(CC2CC2)N1. The number of piperazine rings is 1. The van der Waals surface area contributed by atoms with Gasteiger partial charge in [0.2, 0.25) is 11.8 Å². The number of nitrogens with one attached hydrogen (secondary N) is 2. The van der Waals surface area contributed by atoms with Crippen LogP contribution in [0.1, 0.15) is 19.3 Å². The summed E-state index contributed by atoms with van der Waals surface area (Å²) in [6.45, 7) is 0.139. The molecule has 0 radical (unpaired) electrons. The Hall–Kier alpha value is -1.06. The van der Waals surface area contributed by atoms with Gasteiger partial charge in [0.15, 0.2) is 0 Å². The summed E-state index contributed by atoms with van der Waals surface area (Å²) in [6, 6.07) is -0.265. The van der Waals surface area contributed by atoms with Crippen molar-refractivity contribution < 1.29 is 9.59 Å². The average Bonchev–Trinajstić information content (AvgIpc) is 2.81. The van der Waals surface area contributed by atoms with Gasteiger partial charge in [0, 0.05) is 0 Å². The van der Waals surface area contributed by atoms with Crippen molar-refractivity contribution in [2.75, 3.05) is 6.54 Å². The molecule has 4 nitrogen and oxygen atoms in total. The molecule has 2 amide bonds. The van der Waals surface area contributed by atoms with Gasteiger partial charge in [-0.25, -0.2) is 0 Å². The third-order valence-electron chi connectivity index (χ3n) is 2.34. The summed E-state index contributed by atoms with van der Waals surface area (Å²) in [4.78, 5) is 22.1. The Balaban J connectivity index is 1.91. The molecule has 0 bridgehead atoms. The molecule has 1 unspecified atom stereocenters. The standard InChI is InChI=1S/C8H12N2O2/c11-7-4-9-8(12)6(10-7)3-5-1-2-5/h5-6H,1-4H2,(H,9,12)(H,10,11). The summed E-state index contributed by atoms with van der Waals surface area (Å²) in [6.07, 6.45) is 3.23. The van der Waals surface area contributed by atoms with Gasteiger partial charge in [0.05, 0.1) is 6.54 Å². The quantitative estimate of drug-likeness (QED) is 0.578. The second kappa shape index (κ2) is 2.77. The van der Waals surface area contributed by atoms with Crippen LogP contribution in [-0.2, 0) is 9.59 Å². The Morgan fingerprint density at radius 2 is 2.08 bits per heavy atom. The number of hydrogen-bond donors (Lipinski definition) is 2. The molecule has 1 saturated heterocycles. The maximum atomic E-state index is 11.2. The van der Waals surface area contributed by atoms with Crippen LogP contribution in [0.5, 0.6) is 0 Å². The van der Waals surface area contributed by atoms with E-state index in [-0.39, 0.29) is 24.4 Å². The molecule has 2 aliphatic rings. The van der Waals surface area contributed by atoms with Crippen LogP contribution in [0.4, 0.5) is 0 Å². The smallest absolute Gasteiger partial charge is 0.243 e. The highest BCUT2D eigenvalue weighted by Gasteiger charge is 2.32. The van der Waals surface area contributed by atoms with Crippen molar-refractivity contribution in [1.82, 2.24) is 10.6 Å². The van der Waals surface area contributed by atoms with E-state index in [0.29, 0.717) is 5.92 Å². The van der Waals surface area contributed by atoms with Crippen molar-refractivity contribution in [3.05, 3.63) is 0 Å². The van der Waals surface area contributed by atoms with Gasteiger partial charge in [-0.05, 0) is 12.3 Å². The van der Waals surface area contributed by atoms with E-state index < -0.39 is 0 Å². The Labute approximate surface area is 70.7 Å². The molecule has 1 aliphatic carbocycles. The third-order valence-corrected chi connectivity index (χ3v) is 2.34. The molecule has 1 heterocycles. The molecule has 0 aromatic heterocycles. The third kappa shape index (κ3) is 1.57.